The van der Waals surface area contributed by atoms with E-state index in [1.54, 1.807) is 18.2 Å². The molecule has 1 N–H and O–H groups in total. The molecule has 0 spiro atoms. The molecule has 0 saturated heterocycles. The minimum Gasteiger partial charge on any atom is -0.325 e. The lowest BCUT2D eigenvalue weighted by atomic mass is 10.2. The third-order valence-corrected chi connectivity index (χ3v) is 4.03. The van der Waals surface area contributed by atoms with Gasteiger partial charge in [-0.15, -0.1) is 0 Å². The molecule has 0 saturated carbocycles. The zero-order chi connectivity index (χ0) is 17.5. The molecule has 0 radical (unpaired) electrons. The van der Waals surface area contributed by atoms with Gasteiger partial charge in [0.15, 0.2) is 0 Å². The predicted octanol–water partition coefficient (Wildman–Crippen LogP) is 4.33. The largest absolute Gasteiger partial charge is 0.325 e. The fraction of sp³-hybridized carbons (Fsp3) is 0.222. The third-order valence-electron chi connectivity index (χ3n) is 3.48. The number of nitrogens with zero attached hydrogens (tertiary/aromatic N) is 2. The molecule has 6 heteroatoms. The lowest BCUT2D eigenvalue weighted by Crippen LogP contribution is -2.32. The van der Waals surface area contributed by atoms with Gasteiger partial charge in [-0.3, -0.25) is 9.69 Å². The van der Waals surface area contributed by atoms with Crippen LogP contribution >= 0.6 is 23.2 Å². The van der Waals surface area contributed by atoms with Crippen molar-refractivity contribution >= 4 is 34.8 Å². The molecule has 0 unspecified atom stereocenters. The topological polar surface area (TPSA) is 56.1 Å². The van der Waals surface area contributed by atoms with Crippen molar-refractivity contribution < 1.29 is 4.79 Å². The summed E-state index contributed by atoms with van der Waals surface area (Å²) in [5.74, 6) is -0.139. The zero-order valence-electron chi connectivity index (χ0n) is 13.2. The Bertz CT molecular complexity index is 771. The van der Waals surface area contributed by atoms with E-state index in [2.05, 4.69) is 5.32 Å². The second-order valence-electron chi connectivity index (χ2n) is 5.29. The Labute approximate surface area is 151 Å². The van der Waals surface area contributed by atoms with Crippen LogP contribution in [0.5, 0.6) is 0 Å². The van der Waals surface area contributed by atoms with Crippen molar-refractivity contribution in [1.29, 1.82) is 5.26 Å². The SMILES string of the molecule is CCN(CC(=O)Nc1ccc(C#N)c(Cl)c1)Cc1cccc(Cl)c1. The molecule has 0 heterocycles. The van der Waals surface area contributed by atoms with Gasteiger partial charge >= 0.3 is 0 Å². The van der Waals surface area contributed by atoms with Crippen molar-refractivity contribution in [3.8, 4) is 6.07 Å². The van der Waals surface area contributed by atoms with Gasteiger partial charge in [-0.25, -0.2) is 0 Å². The minimum atomic E-state index is -0.139. The van der Waals surface area contributed by atoms with Gasteiger partial charge in [0.1, 0.15) is 6.07 Å². The number of carbonyl (C=O) groups is 1. The Morgan fingerprint density at radius 3 is 2.67 bits per heavy atom. The predicted molar refractivity (Wildman–Crippen MR) is 97.2 cm³/mol. The van der Waals surface area contributed by atoms with E-state index in [1.807, 2.05) is 42.2 Å². The molecule has 124 valence electrons. The van der Waals surface area contributed by atoms with Crippen LogP contribution in [0.3, 0.4) is 0 Å². The highest BCUT2D eigenvalue weighted by atomic mass is 35.5. The summed E-state index contributed by atoms with van der Waals surface area (Å²) in [6.07, 6.45) is 0. The number of hydrogen-bond donors (Lipinski definition) is 1. The Kier molecular flexibility index (Phi) is 6.62. The summed E-state index contributed by atoms with van der Waals surface area (Å²) in [5, 5.41) is 12.7. The van der Waals surface area contributed by atoms with Gasteiger partial charge in [0, 0.05) is 17.3 Å². The number of nitrogens with one attached hydrogen (secondary N) is 1. The number of hydrogen-bond acceptors (Lipinski definition) is 3. The lowest BCUT2D eigenvalue weighted by Gasteiger charge is -2.20. The first-order chi connectivity index (χ1) is 11.5. The van der Waals surface area contributed by atoms with Crippen molar-refractivity contribution in [2.24, 2.45) is 0 Å². The van der Waals surface area contributed by atoms with E-state index >= 15 is 0 Å². The van der Waals surface area contributed by atoms with Crippen LogP contribution in [-0.4, -0.2) is 23.9 Å². The van der Waals surface area contributed by atoms with Crippen LogP contribution in [0.25, 0.3) is 0 Å². The Morgan fingerprint density at radius 1 is 1.25 bits per heavy atom. The summed E-state index contributed by atoms with van der Waals surface area (Å²) in [6.45, 7) is 3.61. The van der Waals surface area contributed by atoms with Gasteiger partial charge in [-0.1, -0.05) is 42.3 Å². The number of nitriles is 1. The highest BCUT2D eigenvalue weighted by molar-refractivity contribution is 6.32. The van der Waals surface area contributed by atoms with Gasteiger partial charge in [0.2, 0.25) is 5.91 Å². The molecular weight excluding hydrogens is 345 g/mol. The molecule has 1 amide bonds. The van der Waals surface area contributed by atoms with E-state index in [1.165, 1.54) is 0 Å². The summed E-state index contributed by atoms with van der Waals surface area (Å²) >= 11 is 12.0. The maximum Gasteiger partial charge on any atom is 0.238 e. The van der Waals surface area contributed by atoms with Crippen molar-refractivity contribution in [1.82, 2.24) is 4.90 Å². The third kappa shape index (κ3) is 5.24. The van der Waals surface area contributed by atoms with Gasteiger partial charge in [-0.05, 0) is 42.4 Å². The first-order valence-electron chi connectivity index (χ1n) is 7.48. The fourth-order valence-electron chi connectivity index (χ4n) is 2.26. The van der Waals surface area contributed by atoms with E-state index in [-0.39, 0.29) is 12.5 Å². The van der Waals surface area contributed by atoms with Crippen molar-refractivity contribution in [2.75, 3.05) is 18.4 Å². The lowest BCUT2D eigenvalue weighted by molar-refractivity contribution is -0.117. The first-order valence-corrected chi connectivity index (χ1v) is 8.23. The molecule has 0 aromatic heterocycles. The van der Waals surface area contributed by atoms with Crippen LogP contribution in [0, 0.1) is 11.3 Å². The maximum atomic E-state index is 12.2. The quantitative estimate of drug-likeness (QED) is 0.832. The second kappa shape index (κ2) is 8.70. The molecule has 2 rings (SSSR count). The summed E-state index contributed by atoms with van der Waals surface area (Å²) in [6, 6.07) is 14.4. The molecule has 4 nitrogen and oxygen atoms in total. The van der Waals surface area contributed by atoms with E-state index in [4.69, 9.17) is 28.5 Å². The highest BCUT2D eigenvalue weighted by Gasteiger charge is 2.11. The van der Waals surface area contributed by atoms with Crippen molar-refractivity contribution in [2.45, 2.75) is 13.5 Å². The van der Waals surface area contributed by atoms with E-state index in [0.29, 0.717) is 27.8 Å². The number of benzene rings is 2. The van der Waals surface area contributed by atoms with Crippen LogP contribution in [-0.2, 0) is 11.3 Å². The Morgan fingerprint density at radius 2 is 2.04 bits per heavy atom. The van der Waals surface area contributed by atoms with E-state index < -0.39 is 0 Å². The Hall–Kier alpha value is -2.06. The molecule has 0 atom stereocenters. The number of likely N-dealkylation sites (N-methyl/N-ethyl adjacent to an activating group) is 1. The van der Waals surface area contributed by atoms with Crippen LogP contribution in [0.15, 0.2) is 42.5 Å². The van der Waals surface area contributed by atoms with E-state index in [0.717, 1.165) is 12.1 Å². The van der Waals surface area contributed by atoms with Gasteiger partial charge in [0.05, 0.1) is 17.1 Å². The van der Waals surface area contributed by atoms with Gasteiger partial charge in [0.25, 0.3) is 0 Å². The van der Waals surface area contributed by atoms with Crippen LogP contribution in [0.1, 0.15) is 18.1 Å². The maximum absolute atomic E-state index is 12.2. The summed E-state index contributed by atoms with van der Waals surface area (Å²) in [7, 11) is 0. The van der Waals surface area contributed by atoms with Crippen molar-refractivity contribution in [3.63, 3.8) is 0 Å². The molecule has 2 aromatic rings. The summed E-state index contributed by atoms with van der Waals surface area (Å²) < 4.78 is 0. The zero-order valence-corrected chi connectivity index (χ0v) is 14.7. The average Bonchev–Trinajstić information content (AvgIpc) is 2.54. The normalized spacial score (nSPS) is 10.5. The molecule has 2 aromatic carbocycles. The van der Waals surface area contributed by atoms with E-state index in [9.17, 15) is 4.79 Å². The molecule has 0 bridgehead atoms. The molecule has 0 aliphatic carbocycles. The van der Waals surface area contributed by atoms with Gasteiger partial charge < -0.3 is 5.32 Å². The smallest absolute Gasteiger partial charge is 0.238 e. The van der Waals surface area contributed by atoms with Crippen molar-refractivity contribution in [3.05, 3.63) is 63.6 Å². The number of halogens is 2. The number of amides is 1. The number of carbonyl (C=O) groups excluding carboxylic acids is 1. The molecule has 0 aliphatic heterocycles. The Balaban J connectivity index is 1.97. The fourth-order valence-corrected chi connectivity index (χ4v) is 2.70. The molecule has 24 heavy (non-hydrogen) atoms. The van der Waals surface area contributed by atoms with Crippen LogP contribution in [0.4, 0.5) is 5.69 Å². The summed E-state index contributed by atoms with van der Waals surface area (Å²) in [4.78, 5) is 14.2. The highest BCUT2D eigenvalue weighted by Crippen LogP contribution is 2.20. The minimum absolute atomic E-state index is 0.139. The second-order valence-corrected chi connectivity index (χ2v) is 6.13. The average molecular weight is 362 g/mol. The first kappa shape index (κ1) is 18.3. The number of rotatable bonds is 6. The molecule has 0 fully saturated rings. The molecule has 0 aliphatic rings. The summed E-state index contributed by atoms with van der Waals surface area (Å²) in [5.41, 5.74) is 2.01. The van der Waals surface area contributed by atoms with Crippen LogP contribution in [0.2, 0.25) is 10.0 Å². The number of anilines is 1. The molecular formula is C18H17Cl2N3O. The van der Waals surface area contributed by atoms with Gasteiger partial charge in [-0.2, -0.15) is 5.26 Å². The monoisotopic (exact) mass is 361 g/mol. The van der Waals surface area contributed by atoms with Crippen LogP contribution < -0.4 is 5.32 Å². The standard InChI is InChI=1S/C18H17Cl2N3O/c1-2-23(11-13-4-3-5-15(19)8-13)12-18(24)22-16-7-6-14(10-21)17(20)9-16/h3-9H,2,11-12H2,1H3,(H,22,24).